The molecule has 0 aliphatic heterocycles. The number of hydrogen-bond acceptors (Lipinski definition) is 5. The largest absolute Gasteiger partial charge is 0.361 e. The van der Waals surface area contributed by atoms with E-state index in [0.717, 1.165) is 31.9 Å². The van der Waals surface area contributed by atoms with Crippen molar-refractivity contribution in [1.82, 2.24) is 15.3 Å². The number of thioether (sulfide) groups is 1. The van der Waals surface area contributed by atoms with Crippen molar-refractivity contribution in [3.63, 3.8) is 0 Å². The van der Waals surface area contributed by atoms with Crippen LogP contribution in [0.5, 0.6) is 0 Å². The Balaban J connectivity index is 0.000000196. The van der Waals surface area contributed by atoms with Crippen molar-refractivity contribution in [1.29, 1.82) is 0 Å². The Morgan fingerprint density at radius 2 is 1.73 bits per heavy atom. The van der Waals surface area contributed by atoms with E-state index in [9.17, 15) is 4.79 Å². The van der Waals surface area contributed by atoms with Crippen molar-refractivity contribution in [3.8, 4) is 0 Å². The van der Waals surface area contributed by atoms with Crippen molar-refractivity contribution >= 4 is 63.6 Å². The number of pyridine rings is 1. The molecule has 1 amide bonds. The maximum absolute atomic E-state index is 11.9. The molecule has 0 saturated heterocycles. The van der Waals surface area contributed by atoms with Gasteiger partial charge in [-0.3, -0.25) is 4.79 Å². The van der Waals surface area contributed by atoms with E-state index >= 15 is 0 Å². The summed E-state index contributed by atoms with van der Waals surface area (Å²) in [5.41, 5.74) is 3.08. The summed E-state index contributed by atoms with van der Waals surface area (Å²) in [5, 5.41) is 12.4. The molecule has 4 aromatic rings. The first kappa shape index (κ1) is 21.5. The number of fused-ring (bicyclic) bond motifs is 2. The van der Waals surface area contributed by atoms with Gasteiger partial charge in [-0.05, 0) is 30.0 Å². The van der Waals surface area contributed by atoms with Crippen LogP contribution >= 0.6 is 24.0 Å². The topological polar surface area (TPSA) is 85.4 Å². The molecule has 0 aliphatic rings. The molecule has 0 aliphatic carbocycles. The Morgan fingerprint density at radius 3 is 2.40 bits per heavy atom. The quantitative estimate of drug-likeness (QED) is 0.182. The molecule has 0 radical (unpaired) electrons. The first-order valence-electron chi connectivity index (χ1n) is 9.11. The molecule has 0 fully saturated rings. The van der Waals surface area contributed by atoms with E-state index in [4.69, 9.17) is 12.2 Å². The minimum absolute atomic E-state index is 0.124. The van der Waals surface area contributed by atoms with E-state index in [1.807, 2.05) is 73.2 Å². The number of rotatable bonds is 3. The van der Waals surface area contributed by atoms with Crippen LogP contribution in [0.3, 0.4) is 0 Å². The van der Waals surface area contributed by atoms with Gasteiger partial charge in [-0.25, -0.2) is 0 Å². The highest BCUT2D eigenvalue weighted by atomic mass is 32.2. The number of aromatic amines is 2. The lowest BCUT2D eigenvalue weighted by Gasteiger charge is -2.04. The van der Waals surface area contributed by atoms with E-state index in [-0.39, 0.29) is 5.91 Å². The van der Waals surface area contributed by atoms with Gasteiger partial charge in [-0.1, -0.05) is 60.4 Å². The number of para-hydroxylation sites is 2. The first-order valence-corrected chi connectivity index (χ1v) is 10.7. The molecule has 0 saturated carbocycles. The van der Waals surface area contributed by atoms with Gasteiger partial charge in [0.15, 0.2) is 5.17 Å². The predicted molar refractivity (Wildman–Crippen MR) is 130 cm³/mol. The molecule has 0 bridgehead atoms. The van der Waals surface area contributed by atoms with Crippen LogP contribution in [0.1, 0.15) is 5.56 Å². The Bertz CT molecular complexity index is 1250. The first-order chi connectivity index (χ1) is 14.6. The van der Waals surface area contributed by atoms with E-state index in [1.165, 1.54) is 11.8 Å². The van der Waals surface area contributed by atoms with Crippen molar-refractivity contribution in [3.05, 3.63) is 77.1 Å². The summed E-state index contributed by atoms with van der Waals surface area (Å²) >= 11 is 6.45. The highest BCUT2D eigenvalue weighted by molar-refractivity contribution is 8.13. The van der Waals surface area contributed by atoms with Crippen LogP contribution in [0.15, 0.2) is 77.2 Å². The number of H-pyrrole nitrogens is 2. The summed E-state index contributed by atoms with van der Waals surface area (Å²) < 4.78 is 0.902. The Labute approximate surface area is 183 Å². The third kappa shape index (κ3) is 5.43. The summed E-state index contributed by atoms with van der Waals surface area (Å²) in [4.78, 5) is 18.2. The summed E-state index contributed by atoms with van der Waals surface area (Å²) in [6.45, 7) is 3.27. The zero-order valence-electron chi connectivity index (χ0n) is 16.4. The van der Waals surface area contributed by atoms with E-state index < -0.39 is 0 Å². The molecular formula is C22H21N5OS2. The SMILES string of the molecule is C=N/N=C(/NC(=O)Cc1c[nH]c2ccccc12)SC.S=c1cc[nH]c2ccccc12. The number of nitrogens with zero attached hydrogens (tertiary/aromatic N) is 2. The van der Waals surface area contributed by atoms with Gasteiger partial charge >= 0.3 is 0 Å². The number of carbonyl (C=O) groups is 1. The normalized spacial score (nSPS) is 11.0. The Hall–Kier alpha value is -3.23. The summed E-state index contributed by atoms with van der Waals surface area (Å²) in [6, 6.07) is 17.8. The maximum atomic E-state index is 11.9. The fraction of sp³-hybridized carbons (Fsp3) is 0.0909. The van der Waals surface area contributed by atoms with Crippen molar-refractivity contribution in [2.75, 3.05) is 6.26 Å². The van der Waals surface area contributed by atoms with Gasteiger partial charge in [0.1, 0.15) is 0 Å². The molecule has 2 aromatic carbocycles. The van der Waals surface area contributed by atoms with E-state index in [1.54, 1.807) is 0 Å². The molecular weight excluding hydrogens is 414 g/mol. The lowest BCUT2D eigenvalue weighted by Crippen LogP contribution is -2.29. The molecule has 0 spiro atoms. The molecule has 4 rings (SSSR count). The van der Waals surface area contributed by atoms with Crippen LogP contribution in [0.4, 0.5) is 0 Å². The van der Waals surface area contributed by atoms with Gasteiger partial charge in [0.25, 0.3) is 0 Å². The maximum Gasteiger partial charge on any atom is 0.230 e. The molecule has 30 heavy (non-hydrogen) atoms. The van der Waals surface area contributed by atoms with Crippen LogP contribution in [0.2, 0.25) is 0 Å². The van der Waals surface area contributed by atoms with Gasteiger partial charge < -0.3 is 15.3 Å². The van der Waals surface area contributed by atoms with Crippen LogP contribution in [-0.4, -0.2) is 34.0 Å². The molecule has 152 valence electrons. The summed E-state index contributed by atoms with van der Waals surface area (Å²) in [5.74, 6) is -0.124. The molecule has 3 N–H and O–H groups in total. The minimum Gasteiger partial charge on any atom is -0.361 e. The number of amides is 1. The van der Waals surface area contributed by atoms with Crippen molar-refractivity contribution in [2.45, 2.75) is 6.42 Å². The Kier molecular flexibility index (Phi) is 7.53. The van der Waals surface area contributed by atoms with Gasteiger partial charge in [-0.15, -0.1) is 5.10 Å². The molecule has 2 aromatic heterocycles. The average Bonchev–Trinajstić information content (AvgIpc) is 3.17. The fourth-order valence-electron chi connectivity index (χ4n) is 2.92. The molecule has 8 heteroatoms. The molecule has 2 heterocycles. The zero-order valence-corrected chi connectivity index (χ0v) is 18.0. The average molecular weight is 436 g/mol. The lowest BCUT2D eigenvalue weighted by molar-refractivity contribution is -0.118. The smallest absolute Gasteiger partial charge is 0.230 e. The van der Waals surface area contributed by atoms with E-state index in [2.05, 4.69) is 32.2 Å². The van der Waals surface area contributed by atoms with Gasteiger partial charge in [0, 0.05) is 45.4 Å². The van der Waals surface area contributed by atoms with Crippen LogP contribution in [-0.2, 0) is 11.2 Å². The second-order valence-electron chi connectivity index (χ2n) is 6.22. The van der Waals surface area contributed by atoms with Crippen LogP contribution in [0, 0.1) is 4.51 Å². The predicted octanol–water partition coefficient (Wildman–Crippen LogP) is 5.06. The second-order valence-corrected chi connectivity index (χ2v) is 7.46. The highest BCUT2D eigenvalue weighted by Gasteiger charge is 2.10. The number of amidine groups is 1. The number of aromatic nitrogens is 2. The number of benzene rings is 2. The van der Waals surface area contributed by atoms with Crippen molar-refractivity contribution in [2.24, 2.45) is 10.2 Å². The van der Waals surface area contributed by atoms with Gasteiger partial charge in [-0.2, -0.15) is 5.10 Å². The lowest BCUT2D eigenvalue weighted by atomic mass is 10.1. The zero-order chi connectivity index (χ0) is 21.3. The second kappa shape index (κ2) is 10.5. The highest BCUT2D eigenvalue weighted by Crippen LogP contribution is 2.18. The standard InChI is InChI=1S/C13H14N4OS.C9H7NS/c1-14-17-13(19-2)16-12(18)7-9-8-15-11-6-4-3-5-10(9)11;11-9-5-6-10-8-4-2-1-3-7(8)9/h3-6,8,15H,1,7H2,2H3,(H,16,17,18);1-6H,(H,10,11). The summed E-state index contributed by atoms with van der Waals surface area (Å²) in [6.07, 6.45) is 5.83. The minimum atomic E-state index is -0.124. The number of hydrogen-bond donors (Lipinski definition) is 3. The number of carbonyl (C=O) groups excluding carboxylic acids is 1. The van der Waals surface area contributed by atoms with E-state index in [0.29, 0.717) is 11.6 Å². The molecule has 0 unspecified atom stereocenters. The summed E-state index contributed by atoms with van der Waals surface area (Å²) in [7, 11) is 0. The van der Waals surface area contributed by atoms with Gasteiger partial charge in [0.05, 0.1) is 6.42 Å². The van der Waals surface area contributed by atoms with Gasteiger partial charge in [0.2, 0.25) is 5.91 Å². The molecule has 0 atom stereocenters. The molecule has 6 nitrogen and oxygen atoms in total. The van der Waals surface area contributed by atoms with Crippen molar-refractivity contribution < 1.29 is 4.79 Å². The fourth-order valence-corrected chi connectivity index (χ4v) is 3.52. The third-order valence-corrected chi connectivity index (χ3v) is 5.22. The third-order valence-electron chi connectivity index (χ3n) is 4.29. The Morgan fingerprint density at radius 1 is 1.07 bits per heavy atom. The van der Waals surface area contributed by atoms with Crippen LogP contribution in [0.25, 0.3) is 21.8 Å². The number of nitrogens with one attached hydrogen (secondary N) is 3. The monoisotopic (exact) mass is 435 g/mol. The van der Waals surface area contributed by atoms with Crippen LogP contribution < -0.4 is 5.32 Å².